The zero-order valence-corrected chi connectivity index (χ0v) is 7.97. The molecule has 0 aromatic heterocycles. The van der Waals surface area contributed by atoms with E-state index < -0.39 is 5.91 Å². The fraction of sp³-hybridized carbons (Fsp3) is 0.222. The summed E-state index contributed by atoms with van der Waals surface area (Å²) in [4.78, 5) is 10.4. The third-order valence-corrected chi connectivity index (χ3v) is 1.82. The van der Waals surface area contributed by atoms with Gasteiger partial charge in [-0.3, -0.25) is 4.79 Å². The Hall–Kier alpha value is -1.22. The predicted octanol–water partition coefficient (Wildman–Crippen LogP) is 1.51. The van der Waals surface area contributed by atoms with Gasteiger partial charge in [0.1, 0.15) is 5.75 Å². The van der Waals surface area contributed by atoms with Crippen molar-refractivity contribution in [1.29, 1.82) is 0 Å². The van der Waals surface area contributed by atoms with Gasteiger partial charge in [-0.2, -0.15) is 0 Å². The van der Waals surface area contributed by atoms with Gasteiger partial charge in [-0.1, -0.05) is 23.7 Å². The Morgan fingerprint density at radius 1 is 1.62 bits per heavy atom. The van der Waals surface area contributed by atoms with Gasteiger partial charge in [0, 0.05) is 0 Å². The maximum atomic E-state index is 10.4. The molecule has 0 spiro atoms. The Balaban J connectivity index is 2.81. The largest absolute Gasteiger partial charge is 0.482 e. The van der Waals surface area contributed by atoms with Crippen LogP contribution in [-0.2, 0) is 4.79 Å². The molecule has 0 radical (unpaired) electrons. The molecule has 0 bridgehead atoms. The minimum Gasteiger partial charge on any atom is -0.482 e. The first-order chi connectivity index (χ1) is 6.11. The average molecular weight is 200 g/mol. The monoisotopic (exact) mass is 199 g/mol. The van der Waals surface area contributed by atoms with Gasteiger partial charge in [0.05, 0.1) is 5.02 Å². The molecule has 0 aliphatic carbocycles. The van der Waals surface area contributed by atoms with E-state index in [1.807, 2.05) is 19.1 Å². The number of hydrogen-bond acceptors (Lipinski definition) is 2. The van der Waals surface area contributed by atoms with Crippen molar-refractivity contribution in [3.63, 3.8) is 0 Å². The molecule has 0 saturated heterocycles. The lowest BCUT2D eigenvalue weighted by Crippen LogP contribution is -2.20. The van der Waals surface area contributed by atoms with Gasteiger partial charge in [-0.25, -0.2) is 0 Å². The van der Waals surface area contributed by atoms with Gasteiger partial charge in [-0.15, -0.1) is 0 Å². The number of halogens is 1. The predicted molar refractivity (Wildman–Crippen MR) is 50.9 cm³/mol. The van der Waals surface area contributed by atoms with Crippen molar-refractivity contribution in [1.82, 2.24) is 0 Å². The van der Waals surface area contributed by atoms with Crippen LogP contribution in [0, 0.1) is 6.92 Å². The molecule has 1 rings (SSSR count). The molecule has 13 heavy (non-hydrogen) atoms. The number of carbonyl (C=O) groups is 1. The molecular formula is C9H10ClNO2. The van der Waals surface area contributed by atoms with E-state index in [0.29, 0.717) is 10.8 Å². The molecule has 4 heteroatoms. The highest BCUT2D eigenvalue weighted by Gasteiger charge is 2.05. The van der Waals surface area contributed by atoms with Gasteiger partial charge in [0.15, 0.2) is 6.61 Å². The lowest BCUT2D eigenvalue weighted by molar-refractivity contribution is -0.119. The first-order valence-electron chi connectivity index (χ1n) is 3.77. The lowest BCUT2D eigenvalue weighted by atomic mass is 10.2. The summed E-state index contributed by atoms with van der Waals surface area (Å²) in [6.07, 6.45) is 0. The molecule has 1 amide bonds. The summed E-state index contributed by atoms with van der Waals surface area (Å²) in [6, 6.07) is 5.36. The zero-order chi connectivity index (χ0) is 9.84. The van der Waals surface area contributed by atoms with Crippen LogP contribution in [0.5, 0.6) is 5.75 Å². The number of para-hydroxylation sites is 1. The highest BCUT2D eigenvalue weighted by molar-refractivity contribution is 6.32. The third kappa shape index (κ3) is 2.63. The van der Waals surface area contributed by atoms with Crippen LogP contribution in [0.2, 0.25) is 5.02 Å². The quantitative estimate of drug-likeness (QED) is 0.803. The van der Waals surface area contributed by atoms with E-state index in [1.165, 1.54) is 0 Å². The number of aryl methyl sites for hydroxylation is 1. The van der Waals surface area contributed by atoms with Crippen LogP contribution in [0.15, 0.2) is 18.2 Å². The van der Waals surface area contributed by atoms with Crippen LogP contribution in [0.25, 0.3) is 0 Å². The Bertz CT molecular complexity index is 305. The molecule has 0 fully saturated rings. The highest BCUT2D eigenvalue weighted by Crippen LogP contribution is 2.27. The summed E-state index contributed by atoms with van der Waals surface area (Å²) in [5.41, 5.74) is 5.82. The number of benzene rings is 1. The summed E-state index contributed by atoms with van der Waals surface area (Å²) >= 11 is 5.84. The number of ether oxygens (including phenoxy) is 1. The van der Waals surface area contributed by atoms with Crippen LogP contribution in [-0.4, -0.2) is 12.5 Å². The number of primary amides is 1. The lowest BCUT2D eigenvalue weighted by Gasteiger charge is -2.08. The smallest absolute Gasteiger partial charge is 0.255 e. The summed E-state index contributed by atoms with van der Waals surface area (Å²) in [5, 5.41) is 0.487. The Morgan fingerprint density at radius 3 is 2.85 bits per heavy atom. The van der Waals surface area contributed by atoms with E-state index in [9.17, 15) is 4.79 Å². The molecule has 3 nitrogen and oxygen atoms in total. The second kappa shape index (κ2) is 4.14. The molecule has 70 valence electrons. The topological polar surface area (TPSA) is 52.3 Å². The van der Waals surface area contributed by atoms with Crippen molar-refractivity contribution in [3.05, 3.63) is 28.8 Å². The first-order valence-corrected chi connectivity index (χ1v) is 4.15. The van der Waals surface area contributed by atoms with E-state index >= 15 is 0 Å². The van der Waals surface area contributed by atoms with E-state index in [1.54, 1.807) is 6.07 Å². The molecule has 0 unspecified atom stereocenters. The molecule has 1 aromatic rings. The minimum atomic E-state index is -0.515. The molecule has 0 heterocycles. The van der Waals surface area contributed by atoms with Gasteiger partial charge in [0.2, 0.25) is 0 Å². The van der Waals surface area contributed by atoms with Crippen molar-refractivity contribution in [2.75, 3.05) is 6.61 Å². The third-order valence-electron chi connectivity index (χ3n) is 1.52. The molecule has 0 saturated carbocycles. The van der Waals surface area contributed by atoms with Crippen LogP contribution >= 0.6 is 11.6 Å². The van der Waals surface area contributed by atoms with Crippen molar-refractivity contribution in [2.24, 2.45) is 5.73 Å². The standard InChI is InChI=1S/C9H10ClNO2/c1-6-3-2-4-7(10)9(6)13-5-8(11)12/h2-4H,5H2,1H3,(H2,11,12). The van der Waals surface area contributed by atoms with Crippen molar-refractivity contribution >= 4 is 17.5 Å². The van der Waals surface area contributed by atoms with Crippen molar-refractivity contribution < 1.29 is 9.53 Å². The Labute approximate surface area is 81.4 Å². The second-order valence-corrected chi connectivity index (χ2v) is 3.05. The summed E-state index contributed by atoms with van der Waals surface area (Å²) < 4.78 is 5.12. The van der Waals surface area contributed by atoms with Crippen LogP contribution in [0.3, 0.4) is 0 Å². The number of hydrogen-bond donors (Lipinski definition) is 1. The minimum absolute atomic E-state index is 0.148. The van der Waals surface area contributed by atoms with Crippen LogP contribution in [0.4, 0.5) is 0 Å². The van der Waals surface area contributed by atoms with Crippen molar-refractivity contribution in [2.45, 2.75) is 6.92 Å². The van der Waals surface area contributed by atoms with Gasteiger partial charge in [0.25, 0.3) is 5.91 Å². The number of carbonyl (C=O) groups excluding carboxylic acids is 1. The zero-order valence-electron chi connectivity index (χ0n) is 7.21. The van der Waals surface area contributed by atoms with Crippen LogP contribution < -0.4 is 10.5 Å². The van der Waals surface area contributed by atoms with E-state index in [2.05, 4.69) is 0 Å². The summed E-state index contributed by atoms with van der Waals surface area (Å²) in [7, 11) is 0. The Kier molecular flexibility index (Phi) is 3.14. The fourth-order valence-electron chi connectivity index (χ4n) is 0.943. The maximum absolute atomic E-state index is 10.4. The SMILES string of the molecule is Cc1cccc(Cl)c1OCC(N)=O. The number of rotatable bonds is 3. The first kappa shape index (κ1) is 9.86. The van der Waals surface area contributed by atoms with Crippen LogP contribution in [0.1, 0.15) is 5.56 Å². The molecule has 0 atom stereocenters. The average Bonchev–Trinajstić information content (AvgIpc) is 2.03. The Morgan fingerprint density at radius 2 is 2.31 bits per heavy atom. The highest BCUT2D eigenvalue weighted by atomic mass is 35.5. The second-order valence-electron chi connectivity index (χ2n) is 2.64. The molecule has 0 aliphatic heterocycles. The summed E-state index contributed by atoms with van der Waals surface area (Å²) in [5.74, 6) is 0.00212. The van der Waals surface area contributed by atoms with Gasteiger partial charge >= 0.3 is 0 Å². The van der Waals surface area contributed by atoms with Crippen molar-refractivity contribution in [3.8, 4) is 5.75 Å². The normalized spacial score (nSPS) is 9.69. The number of amides is 1. The van der Waals surface area contributed by atoms with E-state index in [-0.39, 0.29) is 6.61 Å². The van der Waals surface area contributed by atoms with Gasteiger partial charge in [-0.05, 0) is 18.6 Å². The molecular weight excluding hydrogens is 190 g/mol. The molecule has 2 N–H and O–H groups in total. The molecule has 1 aromatic carbocycles. The fourth-order valence-corrected chi connectivity index (χ4v) is 1.22. The maximum Gasteiger partial charge on any atom is 0.255 e. The summed E-state index contributed by atoms with van der Waals surface area (Å²) in [6.45, 7) is 1.70. The van der Waals surface area contributed by atoms with E-state index in [4.69, 9.17) is 22.1 Å². The van der Waals surface area contributed by atoms with E-state index in [0.717, 1.165) is 5.56 Å². The number of nitrogens with two attached hydrogens (primary N) is 1. The van der Waals surface area contributed by atoms with Gasteiger partial charge < -0.3 is 10.5 Å². The molecule has 0 aliphatic rings.